The summed E-state index contributed by atoms with van der Waals surface area (Å²) in [5.74, 6) is 1.27. The molecule has 4 heteroatoms. The zero-order valence-corrected chi connectivity index (χ0v) is 10.2. The zero-order chi connectivity index (χ0) is 12.3. The van der Waals surface area contributed by atoms with E-state index >= 15 is 0 Å². The first-order valence-corrected chi connectivity index (χ1v) is 5.45. The average Bonchev–Trinajstić information content (AvgIpc) is 2.35. The highest BCUT2D eigenvalue weighted by atomic mass is 16.5. The highest BCUT2D eigenvalue weighted by Crippen LogP contribution is 2.21. The molecule has 0 fully saturated rings. The highest BCUT2D eigenvalue weighted by molar-refractivity contribution is 5.46. The number of benzene rings is 1. The lowest BCUT2D eigenvalue weighted by Gasteiger charge is -2.07. The molecule has 1 aromatic heterocycles. The van der Waals surface area contributed by atoms with Crippen molar-refractivity contribution in [2.45, 2.75) is 13.8 Å². The third-order valence-electron chi connectivity index (χ3n) is 2.54. The topological polar surface area (TPSA) is 47.0 Å². The Morgan fingerprint density at radius 3 is 2.35 bits per heavy atom. The number of nitrogens with zero attached hydrogens (tertiary/aromatic N) is 2. The van der Waals surface area contributed by atoms with E-state index in [-0.39, 0.29) is 0 Å². The van der Waals surface area contributed by atoms with Crippen LogP contribution in [0.1, 0.15) is 11.4 Å². The van der Waals surface area contributed by atoms with Crippen molar-refractivity contribution in [1.29, 1.82) is 0 Å². The second kappa shape index (κ2) is 4.82. The normalized spacial score (nSPS) is 10.1. The summed E-state index contributed by atoms with van der Waals surface area (Å²) in [5.41, 5.74) is 2.85. The van der Waals surface area contributed by atoms with Crippen LogP contribution in [0.4, 0.5) is 5.69 Å². The quantitative estimate of drug-likeness (QED) is 0.879. The van der Waals surface area contributed by atoms with E-state index in [4.69, 9.17) is 4.74 Å². The summed E-state index contributed by atoms with van der Waals surface area (Å²) < 4.78 is 5.61. The molecule has 2 aromatic rings. The summed E-state index contributed by atoms with van der Waals surface area (Å²) in [4.78, 5) is 8.52. The van der Waals surface area contributed by atoms with Crippen LogP contribution in [0.3, 0.4) is 0 Å². The van der Waals surface area contributed by atoms with Gasteiger partial charge in [-0.15, -0.1) is 0 Å². The van der Waals surface area contributed by atoms with Crippen molar-refractivity contribution in [3.63, 3.8) is 0 Å². The molecule has 1 aromatic carbocycles. The smallest absolute Gasteiger partial charge is 0.238 e. The average molecular weight is 229 g/mol. The first-order valence-electron chi connectivity index (χ1n) is 5.45. The number of nitrogens with one attached hydrogen (secondary N) is 1. The molecule has 0 saturated carbocycles. The fourth-order valence-corrected chi connectivity index (χ4v) is 1.38. The first kappa shape index (κ1) is 11.4. The van der Waals surface area contributed by atoms with Gasteiger partial charge in [0.15, 0.2) is 0 Å². The van der Waals surface area contributed by atoms with E-state index in [1.54, 1.807) is 6.20 Å². The van der Waals surface area contributed by atoms with E-state index in [1.807, 2.05) is 45.2 Å². The highest BCUT2D eigenvalue weighted by Gasteiger charge is 2.02. The lowest BCUT2D eigenvalue weighted by Crippen LogP contribution is -1.95. The molecular weight excluding hydrogens is 214 g/mol. The predicted octanol–water partition coefficient (Wildman–Crippen LogP) is 2.93. The molecule has 88 valence electrons. The minimum Gasteiger partial charge on any atom is -0.437 e. The Morgan fingerprint density at radius 2 is 1.76 bits per heavy atom. The van der Waals surface area contributed by atoms with Crippen molar-refractivity contribution < 1.29 is 4.74 Å². The van der Waals surface area contributed by atoms with Gasteiger partial charge in [0, 0.05) is 12.7 Å². The Kier molecular flexibility index (Phi) is 3.23. The van der Waals surface area contributed by atoms with Gasteiger partial charge in [-0.25, -0.2) is 4.98 Å². The lowest BCUT2D eigenvalue weighted by molar-refractivity contribution is 0.458. The van der Waals surface area contributed by atoms with Gasteiger partial charge in [0.25, 0.3) is 0 Å². The van der Waals surface area contributed by atoms with E-state index in [1.165, 1.54) is 0 Å². The van der Waals surface area contributed by atoms with Crippen LogP contribution >= 0.6 is 0 Å². The molecule has 0 unspecified atom stereocenters. The van der Waals surface area contributed by atoms with Crippen LogP contribution in [0.5, 0.6) is 11.6 Å². The second-order valence-corrected chi connectivity index (χ2v) is 3.76. The molecule has 0 bridgehead atoms. The van der Waals surface area contributed by atoms with Crippen molar-refractivity contribution in [3.05, 3.63) is 41.9 Å². The van der Waals surface area contributed by atoms with Gasteiger partial charge < -0.3 is 10.1 Å². The standard InChI is InChI=1S/C13H15N3O/c1-9-10(2)16-13(8-15-9)17-12-6-4-11(14-3)5-7-12/h4-8,14H,1-3H3. The number of anilines is 1. The van der Waals surface area contributed by atoms with Crippen molar-refractivity contribution >= 4 is 5.69 Å². The summed E-state index contributed by atoms with van der Waals surface area (Å²) in [5, 5.41) is 3.05. The summed E-state index contributed by atoms with van der Waals surface area (Å²) in [6.45, 7) is 3.84. The largest absolute Gasteiger partial charge is 0.437 e. The lowest BCUT2D eigenvalue weighted by atomic mass is 10.3. The maximum Gasteiger partial charge on any atom is 0.238 e. The van der Waals surface area contributed by atoms with Crippen LogP contribution < -0.4 is 10.1 Å². The summed E-state index contributed by atoms with van der Waals surface area (Å²) in [6.07, 6.45) is 1.63. The molecule has 4 nitrogen and oxygen atoms in total. The van der Waals surface area contributed by atoms with Crippen molar-refractivity contribution in [2.24, 2.45) is 0 Å². The number of hydrogen-bond donors (Lipinski definition) is 1. The molecule has 0 spiro atoms. The zero-order valence-electron chi connectivity index (χ0n) is 10.2. The SMILES string of the molecule is CNc1ccc(Oc2cnc(C)c(C)n2)cc1. The molecular formula is C13H15N3O. The van der Waals surface area contributed by atoms with Gasteiger partial charge in [-0.2, -0.15) is 0 Å². The van der Waals surface area contributed by atoms with Crippen LogP contribution in [-0.2, 0) is 0 Å². The van der Waals surface area contributed by atoms with Crippen molar-refractivity contribution in [1.82, 2.24) is 9.97 Å². The Balaban J connectivity index is 2.16. The molecule has 2 rings (SSSR count). The number of rotatable bonds is 3. The molecule has 1 heterocycles. The number of aryl methyl sites for hydroxylation is 2. The van der Waals surface area contributed by atoms with E-state index in [9.17, 15) is 0 Å². The molecule has 1 N–H and O–H groups in total. The van der Waals surface area contributed by atoms with Crippen LogP contribution in [0.25, 0.3) is 0 Å². The first-order chi connectivity index (χ1) is 8.19. The van der Waals surface area contributed by atoms with Gasteiger partial charge >= 0.3 is 0 Å². The Bertz CT molecular complexity index is 509. The van der Waals surface area contributed by atoms with Crippen LogP contribution in [0.15, 0.2) is 30.5 Å². The van der Waals surface area contributed by atoms with Gasteiger partial charge in [0.05, 0.1) is 17.6 Å². The van der Waals surface area contributed by atoms with Gasteiger partial charge in [-0.1, -0.05) is 0 Å². The van der Waals surface area contributed by atoms with Gasteiger partial charge in [-0.05, 0) is 38.1 Å². The molecule has 0 radical (unpaired) electrons. The molecule has 0 aliphatic rings. The third-order valence-corrected chi connectivity index (χ3v) is 2.54. The second-order valence-electron chi connectivity index (χ2n) is 3.76. The van der Waals surface area contributed by atoms with Gasteiger partial charge in [-0.3, -0.25) is 4.98 Å². The maximum atomic E-state index is 5.61. The van der Waals surface area contributed by atoms with E-state index < -0.39 is 0 Å². The molecule has 0 atom stereocenters. The molecule has 0 aliphatic carbocycles. The fraction of sp³-hybridized carbons (Fsp3) is 0.231. The van der Waals surface area contributed by atoms with Crippen molar-refractivity contribution in [2.75, 3.05) is 12.4 Å². The molecule has 17 heavy (non-hydrogen) atoms. The van der Waals surface area contributed by atoms with E-state index in [0.29, 0.717) is 5.88 Å². The number of ether oxygens (including phenoxy) is 1. The Morgan fingerprint density at radius 1 is 1.06 bits per heavy atom. The van der Waals surface area contributed by atoms with Gasteiger partial charge in [0.1, 0.15) is 5.75 Å². The molecule has 0 saturated heterocycles. The fourth-order valence-electron chi connectivity index (χ4n) is 1.38. The molecule has 0 aliphatic heterocycles. The van der Waals surface area contributed by atoms with E-state index in [0.717, 1.165) is 22.8 Å². The number of hydrogen-bond acceptors (Lipinski definition) is 4. The maximum absolute atomic E-state index is 5.61. The van der Waals surface area contributed by atoms with Gasteiger partial charge in [0.2, 0.25) is 5.88 Å². The minimum atomic E-state index is 0.519. The Hall–Kier alpha value is -2.10. The monoisotopic (exact) mass is 229 g/mol. The minimum absolute atomic E-state index is 0.519. The predicted molar refractivity (Wildman–Crippen MR) is 67.6 cm³/mol. The number of aromatic nitrogens is 2. The van der Waals surface area contributed by atoms with Crippen LogP contribution in [-0.4, -0.2) is 17.0 Å². The summed E-state index contributed by atoms with van der Waals surface area (Å²) in [7, 11) is 1.88. The molecule has 0 amide bonds. The van der Waals surface area contributed by atoms with Crippen LogP contribution in [0.2, 0.25) is 0 Å². The van der Waals surface area contributed by atoms with E-state index in [2.05, 4.69) is 15.3 Å². The Labute approximate surface area is 101 Å². The van der Waals surface area contributed by atoms with Crippen molar-refractivity contribution in [3.8, 4) is 11.6 Å². The van der Waals surface area contributed by atoms with Crippen LogP contribution in [0, 0.1) is 13.8 Å². The third kappa shape index (κ3) is 2.72. The summed E-state index contributed by atoms with van der Waals surface area (Å²) in [6, 6.07) is 7.68. The summed E-state index contributed by atoms with van der Waals surface area (Å²) >= 11 is 0.